The SMILES string of the molecule is CCC1C(C)CC1(C)C1=CC1. The molecule has 0 amide bonds. The first kappa shape index (κ1) is 7.39. The van der Waals surface area contributed by atoms with Crippen LogP contribution in [0.1, 0.15) is 40.0 Å². The van der Waals surface area contributed by atoms with E-state index in [4.69, 9.17) is 0 Å². The molecule has 0 aromatic rings. The average Bonchev–Trinajstić information content (AvgIpc) is 2.67. The molecule has 0 aromatic heterocycles. The van der Waals surface area contributed by atoms with E-state index in [0.29, 0.717) is 5.41 Å². The molecule has 1 fully saturated rings. The maximum absolute atomic E-state index is 2.46. The van der Waals surface area contributed by atoms with Crippen molar-refractivity contribution in [2.24, 2.45) is 17.3 Å². The molecule has 0 spiro atoms. The summed E-state index contributed by atoms with van der Waals surface area (Å²) in [5, 5.41) is 0. The number of hydrogen-bond acceptors (Lipinski definition) is 0. The maximum Gasteiger partial charge on any atom is -0.00799 e. The van der Waals surface area contributed by atoms with Crippen LogP contribution in [0.15, 0.2) is 11.6 Å². The molecule has 0 N–H and O–H groups in total. The van der Waals surface area contributed by atoms with Crippen LogP contribution in [0.5, 0.6) is 0 Å². The zero-order valence-electron chi connectivity index (χ0n) is 7.85. The predicted octanol–water partition coefficient (Wildman–Crippen LogP) is 3.39. The van der Waals surface area contributed by atoms with Gasteiger partial charge in [0.1, 0.15) is 0 Å². The minimum atomic E-state index is 0.633. The first-order valence-electron chi connectivity index (χ1n) is 4.88. The van der Waals surface area contributed by atoms with Gasteiger partial charge in [-0.15, -0.1) is 0 Å². The Kier molecular flexibility index (Phi) is 1.42. The van der Waals surface area contributed by atoms with Crippen molar-refractivity contribution in [1.82, 2.24) is 0 Å². The van der Waals surface area contributed by atoms with E-state index in [9.17, 15) is 0 Å². The molecule has 0 bridgehead atoms. The summed E-state index contributed by atoms with van der Waals surface area (Å²) in [6.07, 6.45) is 6.54. The van der Waals surface area contributed by atoms with E-state index in [1.54, 1.807) is 5.57 Å². The highest BCUT2D eigenvalue weighted by Crippen LogP contribution is 2.60. The van der Waals surface area contributed by atoms with Crippen LogP contribution in [-0.4, -0.2) is 0 Å². The van der Waals surface area contributed by atoms with Crippen LogP contribution in [0, 0.1) is 17.3 Å². The quantitative estimate of drug-likeness (QED) is 0.529. The van der Waals surface area contributed by atoms with Gasteiger partial charge < -0.3 is 0 Å². The Balaban J connectivity index is 2.10. The third kappa shape index (κ3) is 0.881. The number of allylic oxidation sites excluding steroid dienone is 2. The molecule has 2 aliphatic rings. The number of rotatable bonds is 2. The zero-order valence-corrected chi connectivity index (χ0v) is 7.85. The van der Waals surface area contributed by atoms with E-state index in [1.807, 2.05) is 0 Å². The first-order valence-corrected chi connectivity index (χ1v) is 4.88. The molecule has 3 unspecified atom stereocenters. The van der Waals surface area contributed by atoms with E-state index in [-0.39, 0.29) is 0 Å². The molecule has 62 valence electrons. The van der Waals surface area contributed by atoms with Gasteiger partial charge in [-0.05, 0) is 30.1 Å². The molecule has 0 aliphatic heterocycles. The third-order valence-corrected chi connectivity index (χ3v) is 3.83. The van der Waals surface area contributed by atoms with Gasteiger partial charge in [-0.25, -0.2) is 0 Å². The fraction of sp³-hybridized carbons (Fsp3) is 0.818. The largest absolute Gasteiger partial charge is 0.0804 e. The van der Waals surface area contributed by atoms with Crippen molar-refractivity contribution in [2.45, 2.75) is 40.0 Å². The molecule has 0 nitrogen and oxygen atoms in total. The summed E-state index contributed by atoms with van der Waals surface area (Å²) in [7, 11) is 0. The van der Waals surface area contributed by atoms with Crippen LogP contribution >= 0.6 is 0 Å². The second-order valence-corrected chi connectivity index (χ2v) is 4.55. The Hall–Kier alpha value is -0.260. The Morgan fingerprint density at radius 1 is 1.64 bits per heavy atom. The summed E-state index contributed by atoms with van der Waals surface area (Å²) in [5.41, 5.74) is 2.39. The lowest BCUT2D eigenvalue weighted by Crippen LogP contribution is -2.43. The number of hydrogen-bond donors (Lipinski definition) is 0. The van der Waals surface area contributed by atoms with E-state index in [1.165, 1.54) is 19.3 Å². The molecule has 0 aromatic carbocycles. The summed E-state index contributed by atoms with van der Waals surface area (Å²) in [5.74, 6) is 1.96. The topological polar surface area (TPSA) is 0 Å². The van der Waals surface area contributed by atoms with Crippen LogP contribution in [0.2, 0.25) is 0 Å². The summed E-state index contributed by atoms with van der Waals surface area (Å²) in [6, 6.07) is 0. The standard InChI is InChI=1S/C11H18/c1-4-10-8(2)7-11(10,3)9-5-6-9/h5,8,10H,4,6-7H2,1-3H3. The monoisotopic (exact) mass is 150 g/mol. The molecule has 3 atom stereocenters. The molecule has 0 radical (unpaired) electrons. The second kappa shape index (κ2) is 2.12. The van der Waals surface area contributed by atoms with Crippen LogP contribution in [0.3, 0.4) is 0 Å². The maximum atomic E-state index is 2.46. The Morgan fingerprint density at radius 2 is 2.27 bits per heavy atom. The van der Waals surface area contributed by atoms with E-state index in [2.05, 4.69) is 26.8 Å². The Morgan fingerprint density at radius 3 is 2.64 bits per heavy atom. The third-order valence-electron chi connectivity index (χ3n) is 3.83. The Labute approximate surface area is 69.7 Å². The fourth-order valence-corrected chi connectivity index (χ4v) is 3.17. The van der Waals surface area contributed by atoms with Crippen molar-refractivity contribution in [3.63, 3.8) is 0 Å². The van der Waals surface area contributed by atoms with Gasteiger partial charge in [0.05, 0.1) is 0 Å². The van der Waals surface area contributed by atoms with Gasteiger partial charge >= 0.3 is 0 Å². The minimum absolute atomic E-state index is 0.633. The van der Waals surface area contributed by atoms with E-state index >= 15 is 0 Å². The van der Waals surface area contributed by atoms with Crippen LogP contribution in [0.4, 0.5) is 0 Å². The fourth-order valence-electron chi connectivity index (χ4n) is 3.17. The van der Waals surface area contributed by atoms with Gasteiger partial charge in [-0.2, -0.15) is 0 Å². The van der Waals surface area contributed by atoms with Crippen molar-refractivity contribution < 1.29 is 0 Å². The highest BCUT2D eigenvalue weighted by Gasteiger charge is 2.50. The molecule has 0 heteroatoms. The van der Waals surface area contributed by atoms with Crippen LogP contribution < -0.4 is 0 Å². The molecule has 11 heavy (non-hydrogen) atoms. The molecule has 0 heterocycles. The zero-order chi connectivity index (χ0) is 8.06. The highest BCUT2D eigenvalue weighted by molar-refractivity contribution is 5.33. The highest BCUT2D eigenvalue weighted by atomic mass is 14.5. The molecular weight excluding hydrogens is 132 g/mol. The summed E-state index contributed by atoms with van der Waals surface area (Å²) in [6.45, 7) is 7.19. The lowest BCUT2D eigenvalue weighted by atomic mass is 9.53. The van der Waals surface area contributed by atoms with Gasteiger partial charge in [-0.1, -0.05) is 38.8 Å². The van der Waals surface area contributed by atoms with Gasteiger partial charge in [0.15, 0.2) is 0 Å². The summed E-state index contributed by atoms with van der Waals surface area (Å²) in [4.78, 5) is 0. The van der Waals surface area contributed by atoms with Crippen molar-refractivity contribution in [2.75, 3.05) is 0 Å². The lowest BCUT2D eigenvalue weighted by Gasteiger charge is -2.52. The average molecular weight is 150 g/mol. The van der Waals surface area contributed by atoms with Gasteiger partial charge in [0.2, 0.25) is 0 Å². The van der Waals surface area contributed by atoms with E-state index < -0.39 is 0 Å². The molecule has 2 rings (SSSR count). The predicted molar refractivity (Wildman–Crippen MR) is 48.4 cm³/mol. The smallest absolute Gasteiger partial charge is 0.00799 e. The van der Waals surface area contributed by atoms with Gasteiger partial charge in [-0.3, -0.25) is 0 Å². The normalized spacial score (nSPS) is 48.1. The van der Waals surface area contributed by atoms with Crippen molar-refractivity contribution in [3.05, 3.63) is 11.6 Å². The van der Waals surface area contributed by atoms with Crippen LogP contribution in [-0.2, 0) is 0 Å². The van der Waals surface area contributed by atoms with E-state index in [0.717, 1.165) is 11.8 Å². The Bertz CT molecular complexity index is 202. The van der Waals surface area contributed by atoms with Gasteiger partial charge in [0, 0.05) is 0 Å². The first-order chi connectivity index (χ1) is 5.18. The van der Waals surface area contributed by atoms with Crippen molar-refractivity contribution in [1.29, 1.82) is 0 Å². The molecule has 0 saturated heterocycles. The molecule has 1 saturated carbocycles. The molecule has 2 aliphatic carbocycles. The van der Waals surface area contributed by atoms with Crippen molar-refractivity contribution >= 4 is 0 Å². The summed E-state index contributed by atoms with van der Waals surface area (Å²) >= 11 is 0. The summed E-state index contributed by atoms with van der Waals surface area (Å²) < 4.78 is 0. The van der Waals surface area contributed by atoms with Crippen molar-refractivity contribution in [3.8, 4) is 0 Å². The van der Waals surface area contributed by atoms with Crippen LogP contribution in [0.25, 0.3) is 0 Å². The second-order valence-electron chi connectivity index (χ2n) is 4.55. The van der Waals surface area contributed by atoms with Gasteiger partial charge in [0.25, 0.3) is 0 Å². The molecular formula is C11H18. The minimum Gasteiger partial charge on any atom is -0.0804 e. The lowest BCUT2D eigenvalue weighted by molar-refractivity contribution is 0.0179.